The Labute approximate surface area is 174 Å². The van der Waals surface area contributed by atoms with Crippen LogP contribution in [0, 0.1) is 0 Å². The van der Waals surface area contributed by atoms with E-state index >= 15 is 0 Å². The van der Waals surface area contributed by atoms with Gasteiger partial charge in [0, 0.05) is 25.4 Å². The summed E-state index contributed by atoms with van der Waals surface area (Å²) in [5.41, 5.74) is 2.14. The Balaban J connectivity index is 0.00000240. The standard InChI is InChI=1S/C19H23N5O4.ClH/c1-22-15-10-13(12-4-7-23(8-5-12)11-17(26)27)2-3-14(15)18(21-22)24-9-6-16(25)20-19(24)28;/h2-3,10,12H,4-9,11H2,1H3,(H,26,27)(H,20,25,28);1H. The molecule has 0 aliphatic carbocycles. The van der Waals surface area contributed by atoms with Gasteiger partial charge in [-0.1, -0.05) is 6.07 Å². The molecule has 1 aromatic carbocycles. The van der Waals surface area contributed by atoms with Crippen LogP contribution in [0.3, 0.4) is 0 Å². The molecule has 0 unspecified atom stereocenters. The van der Waals surface area contributed by atoms with Crippen LogP contribution in [0.5, 0.6) is 0 Å². The minimum atomic E-state index is -0.786. The number of aryl methyl sites for hydroxylation is 1. The van der Waals surface area contributed by atoms with Gasteiger partial charge in [0.25, 0.3) is 0 Å². The van der Waals surface area contributed by atoms with Gasteiger partial charge in [0.2, 0.25) is 5.91 Å². The van der Waals surface area contributed by atoms with Crippen LogP contribution in [0.25, 0.3) is 10.9 Å². The molecule has 29 heavy (non-hydrogen) atoms. The van der Waals surface area contributed by atoms with Crippen molar-refractivity contribution in [1.82, 2.24) is 20.0 Å². The number of carbonyl (C=O) groups is 3. The number of carbonyl (C=O) groups excluding carboxylic acids is 2. The molecule has 10 heteroatoms. The van der Waals surface area contributed by atoms with Gasteiger partial charge in [0.1, 0.15) is 0 Å². The highest BCUT2D eigenvalue weighted by Gasteiger charge is 2.28. The highest BCUT2D eigenvalue weighted by molar-refractivity contribution is 6.08. The average molecular weight is 422 g/mol. The lowest BCUT2D eigenvalue weighted by atomic mass is 9.89. The van der Waals surface area contributed by atoms with Crippen molar-refractivity contribution in [2.75, 3.05) is 31.1 Å². The van der Waals surface area contributed by atoms with Gasteiger partial charge in [-0.05, 0) is 49.5 Å². The number of carboxylic acids is 1. The molecule has 0 radical (unpaired) electrons. The smallest absolute Gasteiger partial charge is 0.329 e. The number of aromatic nitrogens is 2. The largest absolute Gasteiger partial charge is 0.480 e. The molecule has 2 aliphatic heterocycles. The second-order valence-corrected chi connectivity index (χ2v) is 7.42. The second kappa shape index (κ2) is 8.38. The monoisotopic (exact) mass is 421 g/mol. The number of urea groups is 1. The molecule has 0 saturated carbocycles. The number of rotatable bonds is 4. The van der Waals surface area contributed by atoms with Crippen LogP contribution < -0.4 is 10.2 Å². The lowest BCUT2D eigenvalue weighted by molar-refractivity contribution is -0.138. The van der Waals surface area contributed by atoms with Crippen LogP contribution in [0.4, 0.5) is 10.6 Å². The number of imide groups is 1. The van der Waals surface area contributed by atoms with Crippen molar-refractivity contribution in [2.24, 2.45) is 7.05 Å². The third-order valence-corrected chi connectivity index (χ3v) is 5.58. The number of anilines is 1. The molecule has 2 aromatic rings. The molecular weight excluding hydrogens is 398 g/mol. The van der Waals surface area contributed by atoms with E-state index in [4.69, 9.17) is 5.11 Å². The molecule has 0 spiro atoms. The van der Waals surface area contributed by atoms with Gasteiger partial charge in [-0.15, -0.1) is 12.4 Å². The van der Waals surface area contributed by atoms with Gasteiger partial charge in [0.15, 0.2) is 5.82 Å². The van der Waals surface area contributed by atoms with Gasteiger partial charge >= 0.3 is 12.0 Å². The summed E-state index contributed by atoms with van der Waals surface area (Å²) >= 11 is 0. The van der Waals surface area contributed by atoms with Crippen molar-refractivity contribution in [2.45, 2.75) is 25.2 Å². The summed E-state index contributed by atoms with van der Waals surface area (Å²) in [6.45, 7) is 1.96. The minimum Gasteiger partial charge on any atom is -0.480 e. The Bertz CT molecular complexity index is 951. The van der Waals surface area contributed by atoms with Crippen LogP contribution >= 0.6 is 12.4 Å². The third-order valence-electron chi connectivity index (χ3n) is 5.58. The fourth-order valence-corrected chi connectivity index (χ4v) is 4.09. The van der Waals surface area contributed by atoms with Crippen LogP contribution in [0.1, 0.15) is 30.7 Å². The van der Waals surface area contributed by atoms with E-state index in [1.807, 2.05) is 18.0 Å². The summed E-state index contributed by atoms with van der Waals surface area (Å²) < 4.78 is 1.76. The van der Waals surface area contributed by atoms with E-state index in [1.165, 1.54) is 10.5 Å². The number of fused-ring (bicyclic) bond motifs is 1. The van der Waals surface area contributed by atoms with Gasteiger partial charge in [-0.25, -0.2) is 4.79 Å². The molecule has 3 amide bonds. The summed E-state index contributed by atoms with van der Waals surface area (Å²) in [6.07, 6.45) is 2.09. The Morgan fingerprint density at radius 1 is 1.24 bits per heavy atom. The molecule has 2 saturated heterocycles. The second-order valence-electron chi connectivity index (χ2n) is 7.42. The van der Waals surface area contributed by atoms with Crippen molar-refractivity contribution in [3.63, 3.8) is 0 Å². The zero-order valence-electron chi connectivity index (χ0n) is 16.1. The number of piperidine rings is 1. The summed E-state index contributed by atoms with van der Waals surface area (Å²) in [4.78, 5) is 37.9. The van der Waals surface area contributed by atoms with E-state index in [1.54, 1.807) is 4.68 Å². The first-order valence-electron chi connectivity index (χ1n) is 9.44. The van der Waals surface area contributed by atoms with E-state index in [-0.39, 0.29) is 31.3 Å². The molecule has 0 bridgehead atoms. The summed E-state index contributed by atoms with van der Waals surface area (Å²) in [5.74, 6) is -0.113. The fourth-order valence-electron chi connectivity index (χ4n) is 4.09. The van der Waals surface area contributed by atoms with Crippen molar-refractivity contribution in [3.8, 4) is 0 Å². The Morgan fingerprint density at radius 2 is 1.97 bits per heavy atom. The molecule has 0 atom stereocenters. The number of nitrogens with one attached hydrogen (secondary N) is 1. The Hall–Kier alpha value is -2.65. The lowest BCUT2D eigenvalue weighted by Gasteiger charge is -2.31. The first kappa shape index (κ1) is 21.1. The van der Waals surface area contributed by atoms with Gasteiger partial charge in [-0.2, -0.15) is 5.10 Å². The number of amides is 3. The molecule has 3 heterocycles. The number of hydrogen-bond acceptors (Lipinski definition) is 5. The quantitative estimate of drug-likeness (QED) is 0.778. The summed E-state index contributed by atoms with van der Waals surface area (Å²) in [6, 6.07) is 5.72. The van der Waals surface area contributed by atoms with E-state index in [0.717, 1.165) is 36.8 Å². The van der Waals surface area contributed by atoms with Gasteiger partial charge in [0.05, 0.1) is 12.1 Å². The van der Waals surface area contributed by atoms with Crippen LogP contribution in [0.15, 0.2) is 18.2 Å². The maximum absolute atomic E-state index is 12.2. The number of halogens is 1. The lowest BCUT2D eigenvalue weighted by Crippen LogP contribution is -2.49. The Morgan fingerprint density at radius 3 is 2.62 bits per heavy atom. The molecular formula is C19H24ClN5O4. The number of carboxylic acid groups (broad SMARTS) is 1. The minimum absolute atomic E-state index is 0. The normalized spacial score (nSPS) is 18.6. The highest BCUT2D eigenvalue weighted by atomic mass is 35.5. The SMILES string of the molecule is Cl.Cn1nc(N2CCC(=O)NC2=O)c2ccc(C3CCN(CC(=O)O)CC3)cc21. The maximum Gasteiger partial charge on any atom is 0.329 e. The molecule has 2 fully saturated rings. The van der Waals surface area contributed by atoms with E-state index < -0.39 is 12.0 Å². The van der Waals surface area contributed by atoms with Crippen LogP contribution in [-0.4, -0.2) is 63.9 Å². The molecule has 2 aliphatic rings. The van der Waals surface area contributed by atoms with Gasteiger partial charge in [-0.3, -0.25) is 29.4 Å². The van der Waals surface area contributed by atoms with Crippen molar-refractivity contribution in [1.29, 1.82) is 0 Å². The van der Waals surface area contributed by atoms with Crippen LogP contribution in [0.2, 0.25) is 0 Å². The van der Waals surface area contributed by atoms with Gasteiger partial charge < -0.3 is 5.11 Å². The van der Waals surface area contributed by atoms with E-state index in [0.29, 0.717) is 18.3 Å². The molecule has 156 valence electrons. The summed E-state index contributed by atoms with van der Waals surface area (Å²) in [7, 11) is 1.85. The maximum atomic E-state index is 12.2. The van der Waals surface area contributed by atoms with Crippen molar-refractivity contribution in [3.05, 3.63) is 23.8 Å². The number of likely N-dealkylation sites (tertiary alicyclic amines) is 1. The molecule has 2 N–H and O–H groups in total. The molecule has 1 aromatic heterocycles. The zero-order valence-corrected chi connectivity index (χ0v) is 16.9. The molecule has 9 nitrogen and oxygen atoms in total. The third kappa shape index (κ3) is 4.20. The van der Waals surface area contributed by atoms with E-state index in [2.05, 4.69) is 22.5 Å². The number of nitrogens with zero attached hydrogens (tertiary/aromatic N) is 4. The topological polar surface area (TPSA) is 108 Å². The Kier molecular flexibility index (Phi) is 6.09. The number of hydrogen-bond donors (Lipinski definition) is 2. The number of benzene rings is 1. The predicted octanol–water partition coefficient (Wildman–Crippen LogP) is 1.71. The fraction of sp³-hybridized carbons (Fsp3) is 0.474. The first-order valence-corrected chi connectivity index (χ1v) is 9.44. The number of aliphatic carboxylic acids is 1. The van der Waals surface area contributed by atoms with Crippen molar-refractivity contribution < 1.29 is 19.5 Å². The van der Waals surface area contributed by atoms with Crippen LogP contribution in [-0.2, 0) is 16.6 Å². The summed E-state index contributed by atoms with van der Waals surface area (Å²) in [5, 5.41) is 16.7. The van der Waals surface area contributed by atoms with E-state index in [9.17, 15) is 14.4 Å². The predicted molar refractivity (Wildman–Crippen MR) is 110 cm³/mol. The van der Waals surface area contributed by atoms with Crippen molar-refractivity contribution >= 4 is 47.0 Å². The first-order chi connectivity index (χ1) is 13.4. The average Bonchev–Trinajstić information content (AvgIpc) is 2.98. The molecule has 4 rings (SSSR count). The zero-order chi connectivity index (χ0) is 19.8. The highest BCUT2D eigenvalue weighted by Crippen LogP contribution is 2.33.